The molecule has 2 aliphatic rings. The number of hydrogen-bond donors (Lipinski definition) is 0. The number of likely N-dealkylation sites (tertiary alicyclic amines) is 1. The molecule has 0 aliphatic carbocycles. The minimum atomic E-state index is -0.418. The Kier molecular flexibility index (Phi) is 7.93. The molecule has 0 N–H and O–H groups in total. The summed E-state index contributed by atoms with van der Waals surface area (Å²) in [7, 11) is 4.01. The molecule has 2 aromatic rings. The summed E-state index contributed by atoms with van der Waals surface area (Å²) in [6.07, 6.45) is 2.59. The number of carbonyl (C=O) groups excluding carboxylic acids is 3. The van der Waals surface area contributed by atoms with E-state index in [1.165, 1.54) is 16.7 Å². The lowest BCUT2D eigenvalue weighted by atomic mass is 10.0. The molecule has 1 saturated heterocycles. The van der Waals surface area contributed by atoms with Crippen molar-refractivity contribution in [3.63, 3.8) is 0 Å². The topological polar surface area (TPSA) is 70.2 Å². The molecule has 0 saturated carbocycles. The van der Waals surface area contributed by atoms with E-state index >= 15 is 0 Å². The maximum Gasteiger partial charge on any atom is 0.338 e. The molecule has 35 heavy (non-hydrogen) atoms. The lowest BCUT2D eigenvalue weighted by molar-refractivity contribution is -0.121. The minimum Gasteiger partial charge on any atom is -0.462 e. The number of rotatable bonds is 8. The van der Waals surface area contributed by atoms with E-state index in [0.717, 1.165) is 37.2 Å². The molecule has 2 heterocycles. The molecule has 0 bridgehead atoms. The predicted molar refractivity (Wildman–Crippen MR) is 137 cm³/mol. The molecule has 0 radical (unpaired) electrons. The first-order chi connectivity index (χ1) is 16.9. The highest BCUT2D eigenvalue weighted by molar-refractivity contribution is 8.04. The molecular formula is C27H31N3O4S. The van der Waals surface area contributed by atoms with Crippen LogP contribution in [0.4, 0.5) is 5.69 Å². The Labute approximate surface area is 210 Å². The number of ether oxygens (including phenoxy) is 1. The second-order valence-corrected chi connectivity index (χ2v) is 9.95. The summed E-state index contributed by atoms with van der Waals surface area (Å²) in [6.45, 7) is 4.18. The fraction of sp³-hybridized carbons (Fsp3) is 0.370. The average Bonchev–Trinajstić information content (AvgIpc) is 3.12. The van der Waals surface area contributed by atoms with Gasteiger partial charge in [-0.05, 0) is 75.8 Å². The zero-order chi connectivity index (χ0) is 24.9. The molecule has 2 amide bonds. The van der Waals surface area contributed by atoms with E-state index in [-0.39, 0.29) is 17.9 Å². The van der Waals surface area contributed by atoms with Crippen LogP contribution in [0.3, 0.4) is 0 Å². The van der Waals surface area contributed by atoms with Crippen molar-refractivity contribution < 1.29 is 19.1 Å². The Morgan fingerprint density at radius 3 is 2.31 bits per heavy atom. The van der Waals surface area contributed by atoms with Gasteiger partial charge in [0.1, 0.15) is 10.6 Å². The van der Waals surface area contributed by atoms with Crippen LogP contribution >= 0.6 is 11.8 Å². The Hall–Kier alpha value is -3.10. The smallest absolute Gasteiger partial charge is 0.338 e. The van der Waals surface area contributed by atoms with Crippen molar-refractivity contribution >= 4 is 35.2 Å². The van der Waals surface area contributed by atoms with Gasteiger partial charge in [-0.3, -0.25) is 9.59 Å². The van der Waals surface area contributed by atoms with Gasteiger partial charge < -0.3 is 14.5 Å². The molecule has 8 heteroatoms. The van der Waals surface area contributed by atoms with Crippen molar-refractivity contribution in [3.8, 4) is 0 Å². The number of piperidine rings is 1. The lowest BCUT2D eigenvalue weighted by Gasteiger charge is -2.36. The van der Waals surface area contributed by atoms with Crippen LogP contribution in [0.15, 0.2) is 70.1 Å². The molecular weight excluding hydrogens is 462 g/mol. The third kappa shape index (κ3) is 5.44. The number of anilines is 1. The zero-order valence-corrected chi connectivity index (χ0v) is 21.2. The number of amides is 2. The second kappa shape index (κ2) is 11.1. The number of likely N-dealkylation sites (N-methyl/N-ethyl adjacent to an activating group) is 1. The van der Waals surface area contributed by atoms with E-state index in [0.29, 0.717) is 28.5 Å². The van der Waals surface area contributed by atoms with Gasteiger partial charge in [0.2, 0.25) is 0 Å². The van der Waals surface area contributed by atoms with Gasteiger partial charge in [-0.1, -0.05) is 36.9 Å². The molecule has 0 unspecified atom stereocenters. The molecule has 0 aromatic heterocycles. The molecule has 4 rings (SSSR count). The van der Waals surface area contributed by atoms with Crippen molar-refractivity contribution in [2.75, 3.05) is 38.7 Å². The number of imide groups is 1. The van der Waals surface area contributed by atoms with E-state index in [1.54, 1.807) is 24.3 Å². The van der Waals surface area contributed by atoms with Crippen LogP contribution < -0.4 is 4.90 Å². The monoisotopic (exact) mass is 493 g/mol. The Morgan fingerprint density at radius 2 is 1.69 bits per heavy atom. The van der Waals surface area contributed by atoms with Crippen molar-refractivity contribution in [2.45, 2.75) is 37.1 Å². The summed E-state index contributed by atoms with van der Waals surface area (Å²) in [6, 6.07) is 16.2. The molecule has 2 aromatic carbocycles. The number of hydrogen-bond acceptors (Lipinski definition) is 7. The first-order valence-corrected chi connectivity index (χ1v) is 12.8. The van der Waals surface area contributed by atoms with Gasteiger partial charge in [0.15, 0.2) is 0 Å². The van der Waals surface area contributed by atoms with Gasteiger partial charge in [-0.15, -0.1) is 0 Å². The number of nitrogens with zero attached hydrogens (tertiary/aromatic N) is 3. The van der Waals surface area contributed by atoms with Crippen LogP contribution in [0.2, 0.25) is 0 Å². The zero-order valence-electron chi connectivity index (χ0n) is 20.4. The summed E-state index contributed by atoms with van der Waals surface area (Å²) < 4.78 is 5.18. The highest BCUT2D eigenvalue weighted by Gasteiger charge is 2.43. The molecule has 0 spiro atoms. The van der Waals surface area contributed by atoms with Crippen LogP contribution in [0.25, 0.3) is 0 Å². The molecule has 184 valence electrons. The molecule has 2 aliphatic heterocycles. The summed E-state index contributed by atoms with van der Waals surface area (Å²) in [4.78, 5) is 46.3. The number of thioether (sulfide) groups is 1. The maximum absolute atomic E-state index is 13.7. The summed E-state index contributed by atoms with van der Waals surface area (Å²) >= 11 is 1.32. The van der Waals surface area contributed by atoms with Crippen LogP contribution in [0, 0.1) is 0 Å². The van der Waals surface area contributed by atoms with Gasteiger partial charge >= 0.3 is 5.97 Å². The normalized spacial score (nSPS) is 17.3. The molecule has 7 nitrogen and oxygen atoms in total. The minimum absolute atomic E-state index is 0.181. The van der Waals surface area contributed by atoms with E-state index < -0.39 is 5.97 Å². The van der Waals surface area contributed by atoms with E-state index in [4.69, 9.17) is 4.74 Å². The quantitative estimate of drug-likeness (QED) is 0.404. The van der Waals surface area contributed by atoms with Gasteiger partial charge in [-0.2, -0.15) is 0 Å². The number of esters is 1. The van der Waals surface area contributed by atoms with E-state index in [1.807, 2.05) is 49.2 Å². The number of benzene rings is 2. The van der Waals surface area contributed by atoms with Crippen molar-refractivity contribution in [1.29, 1.82) is 0 Å². The van der Waals surface area contributed by atoms with Crippen LogP contribution in [-0.4, -0.2) is 67.4 Å². The first-order valence-electron chi connectivity index (χ1n) is 11.9. The second-order valence-electron chi connectivity index (χ2n) is 8.87. The predicted octanol–water partition coefficient (Wildman–Crippen LogP) is 4.16. The van der Waals surface area contributed by atoms with Crippen molar-refractivity contribution in [3.05, 3.63) is 70.8 Å². The largest absolute Gasteiger partial charge is 0.462 e. The third-order valence-corrected chi connectivity index (χ3v) is 7.45. The fourth-order valence-electron chi connectivity index (χ4n) is 4.33. The van der Waals surface area contributed by atoms with Crippen LogP contribution in [0.5, 0.6) is 0 Å². The van der Waals surface area contributed by atoms with Crippen molar-refractivity contribution in [1.82, 2.24) is 9.80 Å². The maximum atomic E-state index is 13.7. The first kappa shape index (κ1) is 25.0. The van der Waals surface area contributed by atoms with Gasteiger partial charge in [-0.25, -0.2) is 9.69 Å². The standard InChI is InChI=1S/C27H31N3O4S/c1-4-18-34-27(33)19-10-12-21(13-11-19)30-25(31)23(29(3)20-14-16-28(2)17-15-20)24(26(30)32)35-22-8-6-5-7-9-22/h5-13,20H,4,14-18H2,1-3H3. The highest BCUT2D eigenvalue weighted by Crippen LogP contribution is 2.39. The van der Waals surface area contributed by atoms with Gasteiger partial charge in [0, 0.05) is 18.0 Å². The summed E-state index contributed by atoms with van der Waals surface area (Å²) in [5.41, 5.74) is 1.26. The van der Waals surface area contributed by atoms with Gasteiger partial charge in [0.25, 0.3) is 11.8 Å². The van der Waals surface area contributed by atoms with Gasteiger partial charge in [0.05, 0.1) is 17.9 Å². The van der Waals surface area contributed by atoms with E-state index in [2.05, 4.69) is 11.9 Å². The summed E-state index contributed by atoms with van der Waals surface area (Å²) in [5, 5.41) is 0. The van der Waals surface area contributed by atoms with E-state index in [9.17, 15) is 14.4 Å². The third-order valence-electron chi connectivity index (χ3n) is 6.37. The van der Waals surface area contributed by atoms with Crippen LogP contribution in [0.1, 0.15) is 36.5 Å². The SMILES string of the molecule is CCCOC(=O)c1ccc(N2C(=O)C(Sc3ccccc3)=C(N(C)C3CCN(C)CC3)C2=O)cc1. The summed E-state index contributed by atoms with van der Waals surface area (Å²) in [5.74, 6) is -1.10. The van der Waals surface area contributed by atoms with Crippen molar-refractivity contribution in [2.24, 2.45) is 0 Å². The molecule has 0 atom stereocenters. The number of carbonyl (C=O) groups is 3. The fourth-order valence-corrected chi connectivity index (χ4v) is 5.37. The average molecular weight is 494 g/mol. The van der Waals surface area contributed by atoms with Crippen LogP contribution in [-0.2, 0) is 14.3 Å². The lowest BCUT2D eigenvalue weighted by Crippen LogP contribution is -2.43. The Morgan fingerprint density at radius 1 is 1.03 bits per heavy atom. The highest BCUT2D eigenvalue weighted by atomic mass is 32.2. The Balaban J connectivity index is 1.63. The molecule has 1 fully saturated rings. The Bertz CT molecular complexity index is 1110.